The minimum absolute atomic E-state index is 0.0349. The zero-order chi connectivity index (χ0) is 14.5. The summed E-state index contributed by atoms with van der Waals surface area (Å²) in [4.78, 5) is 11.9. The molecule has 2 aromatic carbocycles. The number of hydrogen-bond donors (Lipinski definition) is 0. The Hall–Kier alpha value is -1.67. The first kappa shape index (κ1) is 14.7. The van der Waals surface area contributed by atoms with E-state index in [-0.39, 0.29) is 12.2 Å². The van der Waals surface area contributed by atoms with Crippen LogP contribution in [-0.2, 0) is 17.6 Å². The second kappa shape index (κ2) is 6.67. The summed E-state index contributed by atoms with van der Waals surface area (Å²) in [5.41, 5.74) is 2.72. The monoisotopic (exact) mass is 290 g/mol. The Morgan fingerprint density at radius 1 is 1.20 bits per heavy atom. The van der Waals surface area contributed by atoms with Gasteiger partial charge < -0.3 is 0 Å². The van der Waals surface area contributed by atoms with E-state index in [0.29, 0.717) is 23.4 Å². The Morgan fingerprint density at radius 3 is 2.70 bits per heavy atom. The molecule has 0 aliphatic rings. The molecule has 0 saturated heterocycles. The standard InChI is InChI=1S/C17H16ClFO/c1-12-3-2-4-13(9-12)5-8-16(20)10-14-6-7-15(18)11-17(14)19/h2-4,6-7,9,11H,5,8,10H2,1H3. The van der Waals surface area contributed by atoms with Crippen LogP contribution in [0.2, 0.25) is 5.02 Å². The molecule has 0 amide bonds. The van der Waals surface area contributed by atoms with Crippen molar-refractivity contribution in [3.05, 3.63) is 70.0 Å². The smallest absolute Gasteiger partial charge is 0.137 e. The first-order chi connectivity index (χ1) is 9.54. The van der Waals surface area contributed by atoms with Crippen LogP contribution in [0, 0.1) is 12.7 Å². The van der Waals surface area contributed by atoms with Gasteiger partial charge >= 0.3 is 0 Å². The van der Waals surface area contributed by atoms with E-state index in [1.165, 1.54) is 11.6 Å². The molecule has 2 aromatic rings. The van der Waals surface area contributed by atoms with Crippen molar-refractivity contribution in [2.45, 2.75) is 26.2 Å². The summed E-state index contributed by atoms with van der Waals surface area (Å²) in [5.74, 6) is -0.380. The maximum Gasteiger partial charge on any atom is 0.137 e. The van der Waals surface area contributed by atoms with Crippen molar-refractivity contribution in [2.24, 2.45) is 0 Å². The lowest BCUT2D eigenvalue weighted by Gasteiger charge is -2.04. The van der Waals surface area contributed by atoms with Crippen LogP contribution >= 0.6 is 11.6 Å². The number of halogens is 2. The summed E-state index contributed by atoms with van der Waals surface area (Å²) in [7, 11) is 0. The summed E-state index contributed by atoms with van der Waals surface area (Å²) < 4.78 is 13.6. The predicted octanol–water partition coefficient (Wildman–Crippen LogP) is 4.53. The number of hydrogen-bond acceptors (Lipinski definition) is 1. The fourth-order valence-electron chi connectivity index (χ4n) is 2.12. The van der Waals surface area contributed by atoms with E-state index >= 15 is 0 Å². The predicted molar refractivity (Wildman–Crippen MR) is 79.6 cm³/mol. The van der Waals surface area contributed by atoms with Crippen LogP contribution in [0.1, 0.15) is 23.1 Å². The average Bonchev–Trinajstić information content (AvgIpc) is 2.40. The van der Waals surface area contributed by atoms with Crippen LogP contribution in [0.3, 0.4) is 0 Å². The fourth-order valence-corrected chi connectivity index (χ4v) is 2.28. The van der Waals surface area contributed by atoms with Crippen molar-refractivity contribution >= 4 is 17.4 Å². The van der Waals surface area contributed by atoms with Crippen LogP contribution in [-0.4, -0.2) is 5.78 Å². The van der Waals surface area contributed by atoms with Gasteiger partial charge in [0.2, 0.25) is 0 Å². The Morgan fingerprint density at radius 2 is 2.00 bits per heavy atom. The quantitative estimate of drug-likeness (QED) is 0.790. The molecule has 0 spiro atoms. The van der Waals surface area contributed by atoms with Gasteiger partial charge in [-0.05, 0) is 36.6 Å². The van der Waals surface area contributed by atoms with E-state index in [0.717, 1.165) is 5.56 Å². The van der Waals surface area contributed by atoms with Crippen molar-refractivity contribution in [3.8, 4) is 0 Å². The number of rotatable bonds is 5. The first-order valence-corrected chi connectivity index (χ1v) is 6.93. The molecule has 0 N–H and O–H groups in total. The van der Waals surface area contributed by atoms with Gasteiger partial charge in [-0.25, -0.2) is 4.39 Å². The van der Waals surface area contributed by atoms with E-state index in [1.807, 2.05) is 25.1 Å². The SMILES string of the molecule is Cc1cccc(CCC(=O)Cc2ccc(Cl)cc2F)c1. The molecule has 0 heterocycles. The van der Waals surface area contributed by atoms with Gasteiger partial charge in [-0.2, -0.15) is 0 Å². The highest BCUT2D eigenvalue weighted by atomic mass is 35.5. The minimum Gasteiger partial charge on any atom is -0.299 e. The number of Topliss-reactive ketones (excluding diaryl/α,β-unsaturated/α-hetero) is 1. The van der Waals surface area contributed by atoms with Gasteiger partial charge in [-0.3, -0.25) is 4.79 Å². The number of carbonyl (C=O) groups is 1. The summed E-state index contributed by atoms with van der Waals surface area (Å²) in [6.45, 7) is 2.02. The first-order valence-electron chi connectivity index (χ1n) is 6.56. The highest BCUT2D eigenvalue weighted by molar-refractivity contribution is 6.30. The number of ketones is 1. The van der Waals surface area contributed by atoms with Gasteiger partial charge in [-0.1, -0.05) is 47.5 Å². The van der Waals surface area contributed by atoms with Crippen LogP contribution in [0.25, 0.3) is 0 Å². The highest BCUT2D eigenvalue weighted by Gasteiger charge is 2.09. The maximum absolute atomic E-state index is 13.6. The van der Waals surface area contributed by atoms with Gasteiger partial charge in [-0.15, -0.1) is 0 Å². The molecular weight excluding hydrogens is 275 g/mol. The normalized spacial score (nSPS) is 10.6. The molecule has 0 aliphatic carbocycles. The van der Waals surface area contributed by atoms with Crippen molar-refractivity contribution in [1.82, 2.24) is 0 Å². The van der Waals surface area contributed by atoms with Crippen LogP contribution < -0.4 is 0 Å². The molecule has 104 valence electrons. The van der Waals surface area contributed by atoms with Gasteiger partial charge in [0.1, 0.15) is 11.6 Å². The average molecular weight is 291 g/mol. The molecule has 0 aromatic heterocycles. The van der Waals surface area contributed by atoms with Crippen molar-refractivity contribution in [2.75, 3.05) is 0 Å². The number of carbonyl (C=O) groups excluding carboxylic acids is 1. The number of aryl methyl sites for hydroxylation is 2. The fraction of sp³-hybridized carbons (Fsp3) is 0.235. The van der Waals surface area contributed by atoms with Crippen molar-refractivity contribution < 1.29 is 9.18 Å². The van der Waals surface area contributed by atoms with E-state index in [2.05, 4.69) is 6.07 Å². The lowest BCUT2D eigenvalue weighted by molar-refractivity contribution is -0.118. The second-order valence-electron chi connectivity index (χ2n) is 4.94. The zero-order valence-corrected chi connectivity index (χ0v) is 12.1. The van der Waals surface area contributed by atoms with Gasteiger partial charge in [0.05, 0.1) is 0 Å². The molecular formula is C17H16ClFO. The van der Waals surface area contributed by atoms with Crippen molar-refractivity contribution in [3.63, 3.8) is 0 Å². The Bertz CT molecular complexity index is 622. The lowest BCUT2D eigenvalue weighted by atomic mass is 10.0. The molecule has 2 rings (SSSR count). The summed E-state index contributed by atoms with van der Waals surface area (Å²) in [6.07, 6.45) is 1.23. The molecule has 0 aliphatic heterocycles. The summed E-state index contributed by atoms with van der Waals surface area (Å²) in [5, 5.41) is 0.346. The van der Waals surface area contributed by atoms with E-state index in [9.17, 15) is 9.18 Å². The van der Waals surface area contributed by atoms with E-state index in [4.69, 9.17) is 11.6 Å². The molecule has 0 unspecified atom stereocenters. The van der Waals surface area contributed by atoms with Gasteiger partial charge in [0.15, 0.2) is 0 Å². The van der Waals surface area contributed by atoms with Gasteiger partial charge in [0, 0.05) is 17.9 Å². The van der Waals surface area contributed by atoms with Crippen molar-refractivity contribution in [1.29, 1.82) is 0 Å². The topological polar surface area (TPSA) is 17.1 Å². The summed E-state index contributed by atoms with van der Waals surface area (Å²) in [6, 6.07) is 12.5. The third-order valence-corrected chi connectivity index (χ3v) is 3.41. The maximum atomic E-state index is 13.6. The molecule has 3 heteroatoms. The van der Waals surface area contributed by atoms with Gasteiger partial charge in [0.25, 0.3) is 0 Å². The van der Waals surface area contributed by atoms with Crippen LogP contribution in [0.5, 0.6) is 0 Å². The zero-order valence-electron chi connectivity index (χ0n) is 11.3. The summed E-state index contributed by atoms with van der Waals surface area (Å²) >= 11 is 5.68. The third-order valence-electron chi connectivity index (χ3n) is 3.18. The number of benzene rings is 2. The van der Waals surface area contributed by atoms with E-state index in [1.54, 1.807) is 12.1 Å². The molecule has 1 nitrogen and oxygen atoms in total. The van der Waals surface area contributed by atoms with E-state index < -0.39 is 5.82 Å². The Labute approximate surface area is 123 Å². The van der Waals surface area contributed by atoms with Crippen LogP contribution in [0.15, 0.2) is 42.5 Å². The highest BCUT2D eigenvalue weighted by Crippen LogP contribution is 2.16. The van der Waals surface area contributed by atoms with Crippen LogP contribution in [0.4, 0.5) is 4.39 Å². The molecule has 0 atom stereocenters. The molecule has 0 saturated carbocycles. The molecule has 0 fully saturated rings. The largest absolute Gasteiger partial charge is 0.299 e. The minimum atomic E-state index is -0.415. The Kier molecular flexibility index (Phi) is 4.91. The molecule has 0 bridgehead atoms. The molecule has 0 radical (unpaired) electrons. The third kappa shape index (κ3) is 4.17. The second-order valence-corrected chi connectivity index (χ2v) is 5.38. The molecule has 20 heavy (non-hydrogen) atoms. The Balaban J connectivity index is 1.92. The lowest BCUT2D eigenvalue weighted by Crippen LogP contribution is -2.06.